The first kappa shape index (κ1) is 28.6. The lowest BCUT2D eigenvalue weighted by Gasteiger charge is -2.27. The van der Waals surface area contributed by atoms with Gasteiger partial charge in [0.25, 0.3) is 15.9 Å². The fourth-order valence-corrected chi connectivity index (χ4v) is 5.45. The van der Waals surface area contributed by atoms with Gasteiger partial charge in [0.1, 0.15) is 11.6 Å². The van der Waals surface area contributed by atoms with E-state index in [1.54, 1.807) is 53.4 Å². The second kappa shape index (κ2) is 12.2. The van der Waals surface area contributed by atoms with Crippen molar-refractivity contribution >= 4 is 27.3 Å². The van der Waals surface area contributed by atoms with E-state index in [0.29, 0.717) is 22.6 Å². The topological polar surface area (TPSA) is 79.0 Å². The Hall–Kier alpha value is -4.37. The number of aryl methyl sites for hydroxylation is 1. The Kier molecular flexibility index (Phi) is 8.74. The number of amides is 1. The molecule has 0 unspecified atom stereocenters. The van der Waals surface area contributed by atoms with Crippen molar-refractivity contribution in [2.24, 2.45) is 0 Å². The molecule has 0 atom stereocenters. The van der Waals surface area contributed by atoms with E-state index in [-0.39, 0.29) is 29.7 Å². The minimum atomic E-state index is -3.88. The first-order chi connectivity index (χ1) is 19.1. The molecule has 9 heteroatoms. The number of benzene rings is 4. The van der Waals surface area contributed by atoms with E-state index in [0.717, 1.165) is 16.8 Å². The predicted octanol–water partition coefficient (Wildman–Crippen LogP) is 5.85. The van der Waals surface area contributed by atoms with Crippen LogP contribution in [0.2, 0.25) is 0 Å². The standard InChI is InChI=1S/C31H32FN3O4S/c1-22-7-5-9-24(17-22)31(36)35(20-23-8-6-10-26(32)18-23)21-25-19-27(11-16-30(25)34(2)3)33-40(37,38)29-14-12-28(39-4)13-15-29/h5-19,33H,20-21H2,1-4H3. The van der Waals surface area contributed by atoms with Gasteiger partial charge in [0, 0.05) is 44.1 Å². The molecule has 4 aromatic rings. The predicted molar refractivity (Wildman–Crippen MR) is 156 cm³/mol. The van der Waals surface area contributed by atoms with Crippen molar-refractivity contribution in [2.75, 3.05) is 30.8 Å². The molecule has 0 saturated heterocycles. The number of halogens is 1. The van der Waals surface area contributed by atoms with Crippen LogP contribution in [0, 0.1) is 12.7 Å². The van der Waals surface area contributed by atoms with E-state index in [1.165, 1.54) is 31.4 Å². The molecule has 4 aromatic carbocycles. The third kappa shape index (κ3) is 6.98. The molecule has 40 heavy (non-hydrogen) atoms. The van der Waals surface area contributed by atoms with Crippen molar-refractivity contribution in [2.45, 2.75) is 24.9 Å². The number of methoxy groups -OCH3 is 1. The summed E-state index contributed by atoms with van der Waals surface area (Å²) >= 11 is 0. The van der Waals surface area contributed by atoms with Crippen LogP contribution in [0.3, 0.4) is 0 Å². The molecular formula is C31H32FN3O4S. The number of ether oxygens (including phenoxy) is 1. The summed E-state index contributed by atoms with van der Waals surface area (Å²) in [5, 5.41) is 0. The second-order valence-corrected chi connectivity index (χ2v) is 11.4. The van der Waals surface area contributed by atoms with Crippen LogP contribution in [-0.4, -0.2) is 40.4 Å². The molecule has 7 nitrogen and oxygen atoms in total. The summed E-state index contributed by atoms with van der Waals surface area (Å²) in [5.41, 5.74) is 3.99. The Balaban J connectivity index is 1.69. The molecule has 4 rings (SSSR count). The number of carbonyl (C=O) groups is 1. The molecule has 0 radical (unpaired) electrons. The van der Waals surface area contributed by atoms with Crippen LogP contribution < -0.4 is 14.4 Å². The normalized spacial score (nSPS) is 11.1. The van der Waals surface area contributed by atoms with E-state index < -0.39 is 10.0 Å². The number of carbonyl (C=O) groups excluding carboxylic acids is 1. The summed E-state index contributed by atoms with van der Waals surface area (Å²) < 4.78 is 47.9. The van der Waals surface area contributed by atoms with E-state index in [1.807, 2.05) is 44.1 Å². The van der Waals surface area contributed by atoms with Crippen LogP contribution in [0.5, 0.6) is 5.75 Å². The first-order valence-corrected chi connectivity index (χ1v) is 14.1. The molecule has 0 heterocycles. The van der Waals surface area contributed by atoms with Crippen molar-refractivity contribution < 1.29 is 22.3 Å². The molecule has 0 bridgehead atoms. The number of sulfonamides is 1. The highest BCUT2D eigenvalue weighted by Gasteiger charge is 2.21. The highest BCUT2D eigenvalue weighted by molar-refractivity contribution is 7.92. The third-order valence-electron chi connectivity index (χ3n) is 6.36. The van der Waals surface area contributed by atoms with Crippen molar-refractivity contribution in [1.29, 1.82) is 0 Å². The van der Waals surface area contributed by atoms with E-state index in [9.17, 15) is 17.6 Å². The van der Waals surface area contributed by atoms with Crippen LogP contribution in [0.1, 0.15) is 27.0 Å². The zero-order chi connectivity index (χ0) is 28.9. The Morgan fingerprint density at radius 3 is 2.27 bits per heavy atom. The molecule has 0 fully saturated rings. The lowest BCUT2D eigenvalue weighted by molar-refractivity contribution is 0.0730. The average molecular weight is 562 g/mol. The quantitative estimate of drug-likeness (QED) is 0.263. The monoisotopic (exact) mass is 561 g/mol. The van der Waals surface area contributed by atoms with E-state index in [4.69, 9.17) is 4.74 Å². The number of nitrogens with zero attached hydrogens (tertiary/aromatic N) is 2. The Morgan fingerprint density at radius 2 is 1.62 bits per heavy atom. The molecule has 0 aromatic heterocycles. The SMILES string of the molecule is COc1ccc(S(=O)(=O)Nc2ccc(N(C)C)c(CN(Cc3cccc(F)c3)C(=O)c3cccc(C)c3)c2)cc1. The van der Waals surface area contributed by atoms with Crippen molar-refractivity contribution in [3.63, 3.8) is 0 Å². The number of nitrogens with one attached hydrogen (secondary N) is 1. The summed E-state index contributed by atoms with van der Waals surface area (Å²) in [7, 11) is 1.38. The Labute approximate surface area is 234 Å². The first-order valence-electron chi connectivity index (χ1n) is 12.6. The van der Waals surface area contributed by atoms with Gasteiger partial charge in [-0.1, -0.05) is 29.8 Å². The molecule has 208 valence electrons. The Morgan fingerprint density at radius 1 is 0.900 bits per heavy atom. The zero-order valence-corrected chi connectivity index (χ0v) is 23.7. The molecule has 0 aliphatic rings. The molecular weight excluding hydrogens is 529 g/mol. The smallest absolute Gasteiger partial charge is 0.261 e. The van der Waals surface area contributed by atoms with Crippen LogP contribution in [0.25, 0.3) is 0 Å². The second-order valence-electron chi connectivity index (χ2n) is 9.68. The summed E-state index contributed by atoms with van der Waals surface area (Å²) in [6.45, 7) is 2.24. The number of hydrogen-bond donors (Lipinski definition) is 1. The summed E-state index contributed by atoms with van der Waals surface area (Å²) in [4.78, 5) is 17.3. The average Bonchev–Trinajstić information content (AvgIpc) is 2.92. The van der Waals surface area contributed by atoms with Gasteiger partial charge in [-0.2, -0.15) is 0 Å². The number of hydrogen-bond acceptors (Lipinski definition) is 5. The van der Waals surface area contributed by atoms with Crippen molar-refractivity contribution in [3.05, 3.63) is 119 Å². The molecule has 0 aliphatic heterocycles. The van der Waals surface area contributed by atoms with Gasteiger partial charge in [-0.3, -0.25) is 9.52 Å². The molecule has 0 aliphatic carbocycles. The van der Waals surface area contributed by atoms with Crippen LogP contribution in [-0.2, 0) is 23.1 Å². The fourth-order valence-electron chi connectivity index (χ4n) is 4.40. The number of rotatable bonds is 10. The van der Waals surface area contributed by atoms with Gasteiger partial charge in [-0.05, 0) is 84.8 Å². The third-order valence-corrected chi connectivity index (χ3v) is 7.76. The van der Waals surface area contributed by atoms with Crippen molar-refractivity contribution in [1.82, 2.24) is 4.90 Å². The Bertz CT molecular complexity index is 1610. The van der Waals surface area contributed by atoms with Crippen molar-refractivity contribution in [3.8, 4) is 5.75 Å². The van der Waals surface area contributed by atoms with Gasteiger partial charge in [-0.25, -0.2) is 12.8 Å². The molecule has 1 N–H and O–H groups in total. The van der Waals surface area contributed by atoms with Gasteiger partial charge < -0.3 is 14.5 Å². The minimum Gasteiger partial charge on any atom is -0.497 e. The van der Waals surface area contributed by atoms with Gasteiger partial charge in [0.2, 0.25) is 0 Å². The lowest BCUT2D eigenvalue weighted by atomic mass is 10.1. The maximum absolute atomic E-state index is 14.0. The van der Waals surface area contributed by atoms with Gasteiger partial charge >= 0.3 is 0 Å². The summed E-state index contributed by atoms with van der Waals surface area (Å²) in [6.07, 6.45) is 0. The minimum absolute atomic E-state index is 0.0916. The fraction of sp³-hybridized carbons (Fsp3) is 0.194. The highest BCUT2D eigenvalue weighted by Crippen LogP contribution is 2.28. The summed E-state index contributed by atoms with van der Waals surface area (Å²) in [6, 6.07) is 24.7. The molecule has 0 spiro atoms. The highest BCUT2D eigenvalue weighted by atomic mass is 32.2. The maximum atomic E-state index is 14.0. The van der Waals surface area contributed by atoms with Gasteiger partial charge in [0.15, 0.2) is 0 Å². The van der Waals surface area contributed by atoms with Crippen LogP contribution >= 0.6 is 0 Å². The summed E-state index contributed by atoms with van der Waals surface area (Å²) in [5.74, 6) is -0.0560. The number of anilines is 2. The van der Waals surface area contributed by atoms with E-state index >= 15 is 0 Å². The van der Waals surface area contributed by atoms with Gasteiger partial charge in [-0.15, -0.1) is 0 Å². The van der Waals surface area contributed by atoms with E-state index in [2.05, 4.69) is 4.72 Å². The lowest BCUT2D eigenvalue weighted by Crippen LogP contribution is -2.31. The maximum Gasteiger partial charge on any atom is 0.261 e. The van der Waals surface area contributed by atoms with Gasteiger partial charge in [0.05, 0.1) is 12.0 Å². The van der Waals surface area contributed by atoms with Crippen LogP contribution in [0.4, 0.5) is 15.8 Å². The van der Waals surface area contributed by atoms with Crippen LogP contribution in [0.15, 0.2) is 95.9 Å². The largest absolute Gasteiger partial charge is 0.497 e. The zero-order valence-electron chi connectivity index (χ0n) is 22.9. The molecule has 0 saturated carbocycles. The molecule has 1 amide bonds.